The quantitative estimate of drug-likeness (QED) is 0.745. The van der Waals surface area contributed by atoms with Gasteiger partial charge in [-0.25, -0.2) is 4.98 Å². The van der Waals surface area contributed by atoms with Crippen LogP contribution < -0.4 is 5.32 Å². The Bertz CT molecular complexity index is 910. The summed E-state index contributed by atoms with van der Waals surface area (Å²) in [7, 11) is 0. The predicted octanol–water partition coefficient (Wildman–Crippen LogP) is 2.89. The summed E-state index contributed by atoms with van der Waals surface area (Å²) in [5.74, 6) is 3.39. The van der Waals surface area contributed by atoms with E-state index in [1.54, 1.807) is 0 Å². The van der Waals surface area contributed by atoms with Gasteiger partial charge in [-0.2, -0.15) is 0 Å². The minimum atomic E-state index is -0.0663. The lowest BCUT2D eigenvalue weighted by Crippen LogP contribution is -2.26. The van der Waals surface area contributed by atoms with Gasteiger partial charge in [0, 0.05) is 18.3 Å². The lowest BCUT2D eigenvalue weighted by Gasteiger charge is -2.07. The Morgan fingerprint density at radius 1 is 1.31 bits per heavy atom. The van der Waals surface area contributed by atoms with Crippen LogP contribution in [0.25, 0.3) is 10.8 Å². The predicted molar refractivity (Wildman–Crippen MR) is 97.7 cm³/mol. The molecule has 0 atom stereocenters. The third-order valence-corrected chi connectivity index (χ3v) is 5.38. The van der Waals surface area contributed by atoms with Crippen LogP contribution in [0.1, 0.15) is 42.4 Å². The highest BCUT2D eigenvalue weighted by Crippen LogP contribution is 2.25. The number of aromatic nitrogens is 4. The number of carbonyl (C=O) groups is 1. The van der Waals surface area contributed by atoms with Gasteiger partial charge in [0.15, 0.2) is 16.6 Å². The van der Waals surface area contributed by atoms with Crippen molar-refractivity contribution in [1.29, 1.82) is 0 Å². The van der Waals surface area contributed by atoms with E-state index in [0.717, 1.165) is 59.7 Å². The molecule has 0 saturated heterocycles. The third-order valence-electron chi connectivity index (χ3n) is 4.47. The van der Waals surface area contributed by atoms with Gasteiger partial charge in [0.05, 0.1) is 18.7 Å². The molecular weight excluding hydrogens is 350 g/mol. The zero-order valence-electron chi connectivity index (χ0n) is 14.7. The number of furan rings is 1. The van der Waals surface area contributed by atoms with E-state index in [-0.39, 0.29) is 12.3 Å². The van der Waals surface area contributed by atoms with Crippen LogP contribution >= 0.6 is 11.3 Å². The normalized spacial score (nSPS) is 14.0. The Hall–Kier alpha value is -2.48. The van der Waals surface area contributed by atoms with Crippen molar-refractivity contribution in [3.8, 4) is 10.8 Å². The summed E-state index contributed by atoms with van der Waals surface area (Å²) in [5, 5.41) is 14.1. The zero-order chi connectivity index (χ0) is 17.9. The van der Waals surface area contributed by atoms with Gasteiger partial charge in [-0.15, -0.1) is 21.5 Å². The maximum atomic E-state index is 12.3. The second-order valence-corrected chi connectivity index (χ2v) is 7.36. The summed E-state index contributed by atoms with van der Waals surface area (Å²) in [5.41, 5.74) is 0.747. The Kier molecular flexibility index (Phi) is 4.83. The second-order valence-electron chi connectivity index (χ2n) is 6.50. The summed E-state index contributed by atoms with van der Waals surface area (Å²) in [6.45, 7) is 3.24. The Morgan fingerprint density at radius 2 is 2.23 bits per heavy atom. The second kappa shape index (κ2) is 7.41. The van der Waals surface area contributed by atoms with Crippen molar-refractivity contribution in [2.75, 3.05) is 0 Å². The molecule has 136 valence electrons. The van der Waals surface area contributed by atoms with E-state index in [9.17, 15) is 4.79 Å². The molecular formula is C18H21N5O2S. The van der Waals surface area contributed by atoms with Gasteiger partial charge in [0.2, 0.25) is 5.91 Å². The molecule has 0 saturated carbocycles. The van der Waals surface area contributed by atoms with Gasteiger partial charge in [-0.05, 0) is 31.9 Å². The number of rotatable bonds is 5. The molecule has 0 radical (unpaired) electrons. The van der Waals surface area contributed by atoms with E-state index in [1.165, 1.54) is 17.8 Å². The first-order chi connectivity index (χ1) is 12.7. The van der Waals surface area contributed by atoms with Crippen molar-refractivity contribution in [1.82, 2.24) is 25.1 Å². The fourth-order valence-corrected chi connectivity index (χ4v) is 3.91. The number of nitrogens with zero attached hydrogens (tertiary/aromatic N) is 4. The first-order valence-corrected chi connectivity index (χ1v) is 9.76. The lowest BCUT2D eigenvalue weighted by atomic mass is 10.2. The molecule has 26 heavy (non-hydrogen) atoms. The van der Waals surface area contributed by atoms with Crippen LogP contribution in [0, 0.1) is 6.92 Å². The fraction of sp³-hybridized carbons (Fsp3) is 0.444. The highest BCUT2D eigenvalue weighted by molar-refractivity contribution is 7.13. The smallest absolute Gasteiger partial charge is 0.226 e. The van der Waals surface area contributed by atoms with E-state index in [2.05, 4.69) is 25.1 Å². The van der Waals surface area contributed by atoms with Crippen molar-refractivity contribution in [3.05, 3.63) is 40.6 Å². The fourth-order valence-electron chi connectivity index (χ4n) is 3.13. The maximum Gasteiger partial charge on any atom is 0.226 e. The molecule has 1 amide bonds. The van der Waals surface area contributed by atoms with E-state index in [4.69, 9.17) is 4.42 Å². The number of hydrogen-bond acceptors (Lipinski definition) is 6. The SMILES string of the molecule is Cc1ccc(-c2nc(CC(=O)NCc3nnc4n3CCCCC4)cs2)o1. The van der Waals surface area contributed by atoms with Gasteiger partial charge in [0.25, 0.3) is 0 Å². The average Bonchev–Trinajstić information content (AvgIpc) is 3.31. The maximum absolute atomic E-state index is 12.3. The van der Waals surface area contributed by atoms with Gasteiger partial charge in [-0.3, -0.25) is 4.79 Å². The van der Waals surface area contributed by atoms with Crippen LogP contribution in [0.15, 0.2) is 21.9 Å². The minimum absolute atomic E-state index is 0.0663. The molecule has 0 spiro atoms. The van der Waals surface area contributed by atoms with Gasteiger partial charge >= 0.3 is 0 Å². The molecule has 3 aromatic rings. The van der Waals surface area contributed by atoms with E-state index < -0.39 is 0 Å². The molecule has 3 aromatic heterocycles. The first kappa shape index (κ1) is 17.0. The number of nitrogens with one attached hydrogen (secondary N) is 1. The average molecular weight is 371 g/mol. The zero-order valence-corrected chi connectivity index (χ0v) is 15.5. The topological polar surface area (TPSA) is 85.8 Å². The van der Waals surface area contributed by atoms with Crippen LogP contribution in [-0.4, -0.2) is 25.7 Å². The van der Waals surface area contributed by atoms with Crippen LogP contribution in [0.3, 0.4) is 0 Å². The molecule has 1 N–H and O–H groups in total. The molecule has 8 heteroatoms. The molecule has 4 rings (SSSR count). The van der Waals surface area contributed by atoms with Crippen molar-refractivity contribution in [2.45, 2.75) is 52.1 Å². The summed E-state index contributed by atoms with van der Waals surface area (Å²) >= 11 is 1.48. The number of amides is 1. The van der Waals surface area contributed by atoms with Gasteiger partial charge < -0.3 is 14.3 Å². The highest BCUT2D eigenvalue weighted by Gasteiger charge is 2.16. The van der Waals surface area contributed by atoms with E-state index in [0.29, 0.717) is 6.54 Å². The van der Waals surface area contributed by atoms with Crippen LogP contribution in [0.4, 0.5) is 0 Å². The third kappa shape index (κ3) is 3.70. The minimum Gasteiger partial charge on any atom is -0.459 e. The van der Waals surface area contributed by atoms with Gasteiger partial charge in [0.1, 0.15) is 11.6 Å². The molecule has 0 bridgehead atoms. The van der Waals surface area contributed by atoms with E-state index in [1.807, 2.05) is 24.4 Å². The lowest BCUT2D eigenvalue weighted by molar-refractivity contribution is -0.120. The molecule has 0 aliphatic carbocycles. The number of fused-ring (bicyclic) bond motifs is 1. The van der Waals surface area contributed by atoms with Crippen LogP contribution in [0.2, 0.25) is 0 Å². The van der Waals surface area contributed by atoms with Crippen molar-refractivity contribution in [2.24, 2.45) is 0 Å². The Morgan fingerprint density at radius 3 is 3.08 bits per heavy atom. The monoisotopic (exact) mass is 371 g/mol. The van der Waals surface area contributed by atoms with Crippen molar-refractivity contribution < 1.29 is 9.21 Å². The summed E-state index contributed by atoms with van der Waals surface area (Å²) in [4.78, 5) is 16.8. The standard InChI is InChI=1S/C18H21N5O2S/c1-12-6-7-14(25-12)18-20-13(11-26-18)9-17(24)19-10-16-22-21-15-5-3-2-4-8-23(15)16/h6-7,11H,2-5,8-10H2,1H3,(H,19,24). The van der Waals surface area contributed by atoms with Crippen LogP contribution in [-0.2, 0) is 30.7 Å². The number of aryl methyl sites for hydroxylation is 2. The highest BCUT2D eigenvalue weighted by atomic mass is 32.1. The van der Waals surface area contributed by atoms with Gasteiger partial charge in [-0.1, -0.05) is 6.42 Å². The first-order valence-electron chi connectivity index (χ1n) is 8.88. The van der Waals surface area contributed by atoms with E-state index >= 15 is 0 Å². The number of carbonyl (C=O) groups excluding carboxylic acids is 1. The number of thiazole rings is 1. The molecule has 1 aliphatic rings. The molecule has 0 fully saturated rings. The Labute approximate surface area is 155 Å². The Balaban J connectivity index is 1.35. The van der Waals surface area contributed by atoms with Crippen molar-refractivity contribution in [3.63, 3.8) is 0 Å². The summed E-state index contributed by atoms with van der Waals surface area (Å²) < 4.78 is 7.72. The molecule has 4 heterocycles. The summed E-state index contributed by atoms with van der Waals surface area (Å²) in [6, 6.07) is 3.81. The van der Waals surface area contributed by atoms with Crippen LogP contribution in [0.5, 0.6) is 0 Å². The number of hydrogen-bond donors (Lipinski definition) is 1. The molecule has 7 nitrogen and oxygen atoms in total. The largest absolute Gasteiger partial charge is 0.459 e. The summed E-state index contributed by atoms with van der Waals surface area (Å²) in [6.07, 6.45) is 4.73. The molecule has 0 unspecified atom stereocenters. The molecule has 0 aromatic carbocycles. The van der Waals surface area contributed by atoms with Crippen molar-refractivity contribution >= 4 is 17.2 Å². The molecule has 1 aliphatic heterocycles.